The maximum atomic E-state index is 13.5. The van der Waals surface area contributed by atoms with E-state index in [9.17, 15) is 18.3 Å². The highest BCUT2D eigenvalue weighted by atomic mass is 79.9. The van der Waals surface area contributed by atoms with Crippen LogP contribution >= 0.6 is 15.9 Å². The van der Waals surface area contributed by atoms with E-state index in [1.807, 2.05) is 0 Å². The van der Waals surface area contributed by atoms with Gasteiger partial charge in [-0.15, -0.1) is 0 Å². The van der Waals surface area contributed by atoms with E-state index in [0.717, 1.165) is 4.47 Å². The molecular formula is C14H10BrF3O. The third-order valence-corrected chi connectivity index (χ3v) is 3.19. The molecule has 1 N–H and O–H groups in total. The minimum Gasteiger partial charge on any atom is -0.388 e. The lowest BCUT2D eigenvalue weighted by Crippen LogP contribution is -2.08. The molecule has 19 heavy (non-hydrogen) atoms. The van der Waals surface area contributed by atoms with E-state index in [4.69, 9.17) is 0 Å². The largest absolute Gasteiger partial charge is 0.388 e. The highest BCUT2D eigenvalue weighted by molar-refractivity contribution is 9.10. The average Bonchev–Trinajstić information content (AvgIpc) is 2.27. The quantitative estimate of drug-likeness (QED) is 0.896. The second kappa shape index (κ2) is 5.75. The first-order valence-electron chi connectivity index (χ1n) is 5.54. The van der Waals surface area contributed by atoms with Crippen LogP contribution < -0.4 is 0 Å². The van der Waals surface area contributed by atoms with Gasteiger partial charge in [0.05, 0.1) is 11.7 Å². The molecule has 2 rings (SSSR count). The summed E-state index contributed by atoms with van der Waals surface area (Å²) in [5.74, 6) is -3.17. The topological polar surface area (TPSA) is 20.2 Å². The van der Waals surface area contributed by atoms with Crippen molar-refractivity contribution in [2.45, 2.75) is 12.5 Å². The molecule has 0 amide bonds. The molecule has 2 aromatic carbocycles. The van der Waals surface area contributed by atoms with Crippen molar-refractivity contribution in [1.82, 2.24) is 0 Å². The Morgan fingerprint density at radius 1 is 1.05 bits per heavy atom. The fourth-order valence-electron chi connectivity index (χ4n) is 1.86. The summed E-state index contributed by atoms with van der Waals surface area (Å²) in [7, 11) is 0. The zero-order chi connectivity index (χ0) is 14.0. The molecule has 0 aromatic heterocycles. The van der Waals surface area contributed by atoms with Crippen LogP contribution in [0.15, 0.2) is 40.9 Å². The summed E-state index contributed by atoms with van der Waals surface area (Å²) in [4.78, 5) is 0. The standard InChI is InChI=1S/C14H10BrF3O/c15-9-3-1-2-8(4-9)5-13(19)14-11(17)6-10(16)7-12(14)18/h1-4,6-7,13,19H,5H2. The van der Waals surface area contributed by atoms with Gasteiger partial charge >= 0.3 is 0 Å². The lowest BCUT2D eigenvalue weighted by Gasteiger charge is -2.13. The van der Waals surface area contributed by atoms with Gasteiger partial charge in [-0.25, -0.2) is 13.2 Å². The van der Waals surface area contributed by atoms with Crippen LogP contribution in [0.1, 0.15) is 17.2 Å². The highest BCUT2D eigenvalue weighted by Gasteiger charge is 2.19. The second-order valence-corrected chi connectivity index (χ2v) is 5.05. The molecule has 0 radical (unpaired) electrons. The fourth-order valence-corrected chi connectivity index (χ4v) is 2.31. The Kier molecular flexibility index (Phi) is 4.27. The van der Waals surface area contributed by atoms with Crippen LogP contribution in [0.5, 0.6) is 0 Å². The molecule has 0 aliphatic carbocycles. The molecule has 0 saturated heterocycles. The number of halogens is 4. The Balaban J connectivity index is 2.28. The van der Waals surface area contributed by atoms with Gasteiger partial charge in [0.1, 0.15) is 17.5 Å². The van der Waals surface area contributed by atoms with Gasteiger partial charge in [0.25, 0.3) is 0 Å². The number of hydrogen-bond donors (Lipinski definition) is 1. The summed E-state index contributed by atoms with van der Waals surface area (Å²) in [6.07, 6.45) is -1.33. The summed E-state index contributed by atoms with van der Waals surface area (Å²) in [6.45, 7) is 0. The molecule has 0 heterocycles. The van der Waals surface area contributed by atoms with Gasteiger partial charge in [-0.2, -0.15) is 0 Å². The summed E-state index contributed by atoms with van der Waals surface area (Å²) in [5.41, 5.74) is 0.200. The minimum absolute atomic E-state index is 0.0406. The fraction of sp³-hybridized carbons (Fsp3) is 0.143. The van der Waals surface area contributed by atoms with Gasteiger partial charge in [0.15, 0.2) is 0 Å². The lowest BCUT2D eigenvalue weighted by molar-refractivity contribution is 0.168. The SMILES string of the molecule is OC(Cc1cccc(Br)c1)c1c(F)cc(F)cc1F. The number of aliphatic hydroxyl groups excluding tert-OH is 1. The van der Waals surface area contributed by atoms with Crippen LogP contribution in [0.3, 0.4) is 0 Å². The third kappa shape index (κ3) is 3.36. The molecule has 0 aliphatic heterocycles. The molecule has 0 bridgehead atoms. The molecule has 5 heteroatoms. The zero-order valence-electron chi connectivity index (χ0n) is 9.71. The van der Waals surface area contributed by atoms with Crippen LogP contribution in [-0.4, -0.2) is 5.11 Å². The smallest absolute Gasteiger partial charge is 0.134 e. The van der Waals surface area contributed by atoms with E-state index >= 15 is 0 Å². The van der Waals surface area contributed by atoms with E-state index < -0.39 is 29.1 Å². The monoisotopic (exact) mass is 330 g/mol. The van der Waals surface area contributed by atoms with Crippen molar-refractivity contribution in [3.63, 3.8) is 0 Å². The van der Waals surface area contributed by atoms with Gasteiger partial charge in [-0.3, -0.25) is 0 Å². The van der Waals surface area contributed by atoms with Crippen molar-refractivity contribution in [2.24, 2.45) is 0 Å². The molecule has 0 saturated carbocycles. The number of rotatable bonds is 3. The summed E-state index contributed by atoms with van der Waals surface area (Å²) in [5, 5.41) is 9.90. The Hall–Kier alpha value is -1.33. The minimum atomic E-state index is -1.37. The molecule has 1 atom stereocenters. The number of hydrogen-bond acceptors (Lipinski definition) is 1. The number of aliphatic hydroxyl groups is 1. The summed E-state index contributed by atoms with van der Waals surface area (Å²) in [6, 6.07) is 8.14. The van der Waals surface area contributed by atoms with Gasteiger partial charge in [-0.1, -0.05) is 28.1 Å². The van der Waals surface area contributed by atoms with Crippen molar-refractivity contribution in [1.29, 1.82) is 0 Å². The van der Waals surface area contributed by atoms with Gasteiger partial charge in [0, 0.05) is 23.0 Å². The first-order chi connectivity index (χ1) is 8.97. The van der Waals surface area contributed by atoms with Crippen molar-refractivity contribution in [3.05, 3.63) is 69.4 Å². The first-order valence-corrected chi connectivity index (χ1v) is 6.33. The maximum absolute atomic E-state index is 13.5. The van der Waals surface area contributed by atoms with Crippen molar-refractivity contribution < 1.29 is 18.3 Å². The van der Waals surface area contributed by atoms with Crippen LogP contribution in [-0.2, 0) is 6.42 Å². The van der Waals surface area contributed by atoms with E-state index in [-0.39, 0.29) is 6.42 Å². The van der Waals surface area contributed by atoms with Crippen LogP contribution in [0, 0.1) is 17.5 Å². The molecule has 2 aromatic rings. The van der Waals surface area contributed by atoms with E-state index in [1.165, 1.54) is 0 Å². The normalized spacial score (nSPS) is 12.5. The van der Waals surface area contributed by atoms with Crippen molar-refractivity contribution >= 4 is 15.9 Å². The Labute approximate surface area is 116 Å². The Bertz CT molecular complexity index is 578. The molecule has 100 valence electrons. The van der Waals surface area contributed by atoms with E-state index in [2.05, 4.69) is 15.9 Å². The van der Waals surface area contributed by atoms with Gasteiger partial charge < -0.3 is 5.11 Å². The Morgan fingerprint density at radius 2 is 1.68 bits per heavy atom. The molecule has 0 spiro atoms. The predicted octanol–water partition coefficient (Wildman–Crippen LogP) is 4.14. The van der Waals surface area contributed by atoms with Crippen molar-refractivity contribution in [2.75, 3.05) is 0 Å². The second-order valence-electron chi connectivity index (χ2n) is 4.13. The Morgan fingerprint density at radius 3 is 2.26 bits per heavy atom. The summed E-state index contributed by atoms with van der Waals surface area (Å²) < 4.78 is 40.6. The van der Waals surface area contributed by atoms with Crippen LogP contribution in [0.2, 0.25) is 0 Å². The highest BCUT2D eigenvalue weighted by Crippen LogP contribution is 2.25. The zero-order valence-corrected chi connectivity index (χ0v) is 11.3. The van der Waals surface area contributed by atoms with Crippen molar-refractivity contribution in [3.8, 4) is 0 Å². The van der Waals surface area contributed by atoms with Crippen LogP contribution in [0.25, 0.3) is 0 Å². The van der Waals surface area contributed by atoms with Gasteiger partial charge in [-0.05, 0) is 17.7 Å². The molecule has 0 aliphatic rings. The summed E-state index contributed by atoms with van der Waals surface area (Å²) >= 11 is 3.27. The predicted molar refractivity (Wildman–Crippen MR) is 69.1 cm³/mol. The molecule has 1 nitrogen and oxygen atoms in total. The average molecular weight is 331 g/mol. The lowest BCUT2D eigenvalue weighted by atomic mass is 10.0. The van der Waals surface area contributed by atoms with Gasteiger partial charge in [0.2, 0.25) is 0 Å². The molecule has 0 fully saturated rings. The van der Waals surface area contributed by atoms with E-state index in [0.29, 0.717) is 17.7 Å². The van der Waals surface area contributed by atoms with Crippen LogP contribution in [0.4, 0.5) is 13.2 Å². The first kappa shape index (κ1) is 14.1. The number of benzene rings is 2. The molecule has 1 unspecified atom stereocenters. The molecular weight excluding hydrogens is 321 g/mol. The maximum Gasteiger partial charge on any atom is 0.134 e. The third-order valence-electron chi connectivity index (χ3n) is 2.70. The van der Waals surface area contributed by atoms with E-state index in [1.54, 1.807) is 24.3 Å².